The summed E-state index contributed by atoms with van der Waals surface area (Å²) in [5.74, 6) is -2.31. The molecule has 1 aromatic carbocycles. The van der Waals surface area contributed by atoms with Crippen molar-refractivity contribution < 1.29 is 28.6 Å². The van der Waals surface area contributed by atoms with E-state index >= 15 is 0 Å². The van der Waals surface area contributed by atoms with Gasteiger partial charge in [-0.15, -0.1) is 11.3 Å². The third-order valence-corrected chi connectivity index (χ3v) is 6.64. The summed E-state index contributed by atoms with van der Waals surface area (Å²) in [6, 6.07) is 8.68. The molecule has 0 amide bonds. The number of hydrogen-bond acceptors (Lipinski definition) is 10. The molecule has 3 atom stereocenters. The summed E-state index contributed by atoms with van der Waals surface area (Å²) in [5.41, 5.74) is 1.31. The highest BCUT2D eigenvalue weighted by molar-refractivity contribution is 7.13. The molecule has 182 valence electrons. The topological polar surface area (TPSA) is 116 Å². The molecule has 0 saturated heterocycles. The average molecular weight is 488 g/mol. The van der Waals surface area contributed by atoms with Gasteiger partial charge in [-0.25, -0.2) is 9.78 Å². The van der Waals surface area contributed by atoms with Crippen LogP contribution in [-0.2, 0) is 40.6 Å². The van der Waals surface area contributed by atoms with Crippen LogP contribution in [0.3, 0.4) is 0 Å². The first-order valence-corrected chi connectivity index (χ1v) is 11.7. The van der Waals surface area contributed by atoms with Gasteiger partial charge in [-0.2, -0.15) is 0 Å². The summed E-state index contributed by atoms with van der Waals surface area (Å²) in [4.78, 5) is 42.3. The van der Waals surface area contributed by atoms with Gasteiger partial charge >= 0.3 is 17.9 Å². The monoisotopic (exact) mass is 487 g/mol. The molecule has 2 heterocycles. The molecule has 3 unspecified atom stereocenters. The number of ether oxygens (including phenoxy) is 3. The Balaban J connectivity index is 2.07. The van der Waals surface area contributed by atoms with Crippen molar-refractivity contribution in [3.8, 4) is 0 Å². The third-order valence-electron chi connectivity index (χ3n) is 5.81. The molecule has 0 spiro atoms. The number of aromatic nitrogens is 1. The van der Waals surface area contributed by atoms with E-state index in [0.717, 1.165) is 5.56 Å². The number of carbonyl (C=O) groups excluding carboxylic acids is 3. The summed E-state index contributed by atoms with van der Waals surface area (Å²) >= 11 is 1.27. The largest absolute Gasteiger partial charge is 0.469 e. The first kappa shape index (κ1) is 25.2. The highest BCUT2D eigenvalue weighted by Crippen LogP contribution is 2.41. The van der Waals surface area contributed by atoms with Crippen molar-refractivity contribution in [3.05, 3.63) is 58.2 Å². The maximum absolute atomic E-state index is 13.2. The predicted octanol–water partition coefficient (Wildman–Crippen LogP) is 2.78. The van der Waals surface area contributed by atoms with Crippen LogP contribution in [-0.4, -0.2) is 49.8 Å². The van der Waals surface area contributed by atoms with Gasteiger partial charge in [0.1, 0.15) is 5.92 Å². The van der Waals surface area contributed by atoms with Crippen molar-refractivity contribution in [2.45, 2.75) is 38.8 Å². The highest BCUT2D eigenvalue weighted by atomic mass is 32.1. The molecular weight excluding hydrogens is 458 g/mol. The Bertz CT molecular complexity index is 1080. The number of nitrogens with one attached hydrogen (secondary N) is 2. The molecule has 0 fully saturated rings. The molecule has 1 aliphatic rings. The summed E-state index contributed by atoms with van der Waals surface area (Å²) in [6.07, 6.45) is 0.0269. The molecule has 1 aliphatic heterocycles. The number of allylic oxidation sites excluding steroid dienone is 1. The van der Waals surface area contributed by atoms with Crippen molar-refractivity contribution >= 4 is 34.4 Å². The summed E-state index contributed by atoms with van der Waals surface area (Å²) < 4.78 is 15.2. The van der Waals surface area contributed by atoms with Crippen LogP contribution in [0.15, 0.2) is 47.0 Å². The molecule has 0 bridgehead atoms. The molecule has 1 aromatic heterocycles. The van der Waals surface area contributed by atoms with Gasteiger partial charge in [0.05, 0.1) is 50.1 Å². The van der Waals surface area contributed by atoms with E-state index in [-0.39, 0.29) is 24.6 Å². The van der Waals surface area contributed by atoms with Crippen molar-refractivity contribution in [2.75, 3.05) is 26.1 Å². The fourth-order valence-corrected chi connectivity index (χ4v) is 5.04. The smallest absolute Gasteiger partial charge is 0.337 e. The maximum Gasteiger partial charge on any atom is 0.337 e. The summed E-state index contributed by atoms with van der Waals surface area (Å²) in [6.45, 7) is 5.69. The maximum atomic E-state index is 13.2. The van der Waals surface area contributed by atoms with Crippen LogP contribution in [0, 0.1) is 5.92 Å². The first-order valence-electron chi connectivity index (χ1n) is 10.8. The second-order valence-electron chi connectivity index (χ2n) is 7.97. The van der Waals surface area contributed by atoms with Gasteiger partial charge in [0.15, 0.2) is 5.13 Å². The lowest BCUT2D eigenvalue weighted by Gasteiger charge is -2.46. The molecule has 0 radical (unpaired) electrons. The van der Waals surface area contributed by atoms with E-state index in [1.54, 1.807) is 19.2 Å². The number of benzene rings is 1. The zero-order valence-corrected chi connectivity index (χ0v) is 20.7. The Morgan fingerprint density at radius 1 is 1.18 bits per heavy atom. The van der Waals surface area contributed by atoms with E-state index in [4.69, 9.17) is 14.2 Å². The Kier molecular flexibility index (Phi) is 7.93. The van der Waals surface area contributed by atoms with Crippen molar-refractivity contribution in [2.24, 2.45) is 5.92 Å². The average Bonchev–Trinajstić information content (AvgIpc) is 3.25. The van der Waals surface area contributed by atoms with E-state index in [9.17, 15) is 14.4 Å². The van der Waals surface area contributed by atoms with Gasteiger partial charge in [0.2, 0.25) is 0 Å². The Labute approximate surface area is 202 Å². The van der Waals surface area contributed by atoms with Crippen LogP contribution in [0.25, 0.3) is 0 Å². The zero-order valence-electron chi connectivity index (χ0n) is 19.8. The zero-order chi connectivity index (χ0) is 24.9. The van der Waals surface area contributed by atoms with Crippen LogP contribution in [0.2, 0.25) is 0 Å². The lowest BCUT2D eigenvalue weighted by Crippen LogP contribution is -2.60. The normalized spacial score (nSPS) is 21.9. The SMILES string of the molecule is CCOC(=O)Cc1csc(NC2C(C(=O)OC)=C(C)NC(C)(c3ccccc3)C2C(=O)OC)n1. The Morgan fingerprint density at radius 2 is 1.88 bits per heavy atom. The number of rotatable bonds is 8. The van der Waals surface area contributed by atoms with Gasteiger partial charge < -0.3 is 24.8 Å². The van der Waals surface area contributed by atoms with Crippen LogP contribution < -0.4 is 10.6 Å². The second kappa shape index (κ2) is 10.7. The van der Waals surface area contributed by atoms with E-state index in [2.05, 4.69) is 15.6 Å². The molecular formula is C24H29N3O6S. The molecule has 0 saturated carbocycles. The summed E-state index contributed by atoms with van der Waals surface area (Å²) in [5, 5.41) is 8.79. The number of carbonyl (C=O) groups is 3. The number of hydrogen-bond donors (Lipinski definition) is 2. The number of anilines is 1. The lowest BCUT2D eigenvalue weighted by atomic mass is 9.70. The van der Waals surface area contributed by atoms with Gasteiger partial charge in [-0.3, -0.25) is 9.59 Å². The predicted molar refractivity (Wildman–Crippen MR) is 127 cm³/mol. The van der Waals surface area contributed by atoms with E-state index in [1.807, 2.05) is 37.3 Å². The number of esters is 3. The first-order chi connectivity index (χ1) is 16.2. The minimum Gasteiger partial charge on any atom is -0.469 e. The number of thiazole rings is 1. The number of methoxy groups -OCH3 is 2. The van der Waals surface area contributed by atoms with Gasteiger partial charge in [-0.05, 0) is 26.3 Å². The molecule has 3 rings (SSSR count). The fourth-order valence-electron chi connectivity index (χ4n) is 4.30. The molecule has 9 nitrogen and oxygen atoms in total. The van der Waals surface area contributed by atoms with E-state index in [0.29, 0.717) is 16.5 Å². The van der Waals surface area contributed by atoms with Gasteiger partial charge in [0.25, 0.3) is 0 Å². The van der Waals surface area contributed by atoms with Crippen LogP contribution in [0.5, 0.6) is 0 Å². The Morgan fingerprint density at radius 3 is 2.50 bits per heavy atom. The van der Waals surface area contributed by atoms with Crippen LogP contribution in [0.1, 0.15) is 32.0 Å². The minimum atomic E-state index is -0.904. The van der Waals surface area contributed by atoms with Gasteiger partial charge in [-0.1, -0.05) is 30.3 Å². The Hall–Kier alpha value is -3.40. The minimum absolute atomic E-state index is 0.0269. The molecule has 2 N–H and O–H groups in total. The number of nitrogens with zero attached hydrogens (tertiary/aromatic N) is 1. The van der Waals surface area contributed by atoms with Gasteiger partial charge in [0, 0.05) is 11.1 Å². The van der Waals surface area contributed by atoms with E-state index in [1.165, 1.54) is 25.6 Å². The lowest BCUT2D eigenvalue weighted by molar-refractivity contribution is -0.149. The molecule has 2 aromatic rings. The molecule has 0 aliphatic carbocycles. The van der Waals surface area contributed by atoms with Crippen molar-refractivity contribution in [1.29, 1.82) is 0 Å². The molecule has 10 heteroatoms. The standard InChI is InChI=1S/C24H29N3O6S/c1-6-33-17(28)12-16-13-34-23(25-16)26-20-18(21(29)31-4)14(2)27-24(3,19(20)22(30)32-5)15-10-8-7-9-11-15/h7-11,13,19-20,27H,6,12H2,1-5H3,(H,25,26). The van der Waals surface area contributed by atoms with Crippen LogP contribution in [0.4, 0.5) is 5.13 Å². The highest BCUT2D eigenvalue weighted by Gasteiger charge is 2.52. The summed E-state index contributed by atoms with van der Waals surface area (Å²) in [7, 11) is 2.60. The second-order valence-corrected chi connectivity index (χ2v) is 8.83. The van der Waals surface area contributed by atoms with Crippen molar-refractivity contribution in [3.63, 3.8) is 0 Å². The van der Waals surface area contributed by atoms with Crippen LogP contribution >= 0.6 is 11.3 Å². The van der Waals surface area contributed by atoms with Crippen molar-refractivity contribution in [1.82, 2.24) is 10.3 Å². The quantitative estimate of drug-likeness (QED) is 0.428. The van der Waals surface area contributed by atoms with E-state index < -0.39 is 29.4 Å². The fraction of sp³-hybridized carbons (Fsp3) is 0.417. The molecule has 34 heavy (non-hydrogen) atoms. The third kappa shape index (κ3) is 5.06.